The van der Waals surface area contributed by atoms with Crippen LogP contribution in [0.15, 0.2) is 24.4 Å². The molecule has 2 heterocycles. The van der Waals surface area contributed by atoms with Gasteiger partial charge in [0.25, 0.3) is 0 Å². The van der Waals surface area contributed by atoms with Crippen LogP contribution in [-0.2, 0) is 7.05 Å². The van der Waals surface area contributed by atoms with Gasteiger partial charge in [0.15, 0.2) is 0 Å². The smallest absolute Gasteiger partial charge is 0.334 e. The summed E-state index contributed by atoms with van der Waals surface area (Å²) in [6.45, 7) is 0. The number of fused-ring (bicyclic) bond motifs is 1. The number of aromatic nitrogens is 3. The number of aryl methyl sites for hydroxylation is 1. The summed E-state index contributed by atoms with van der Waals surface area (Å²) in [6.07, 6.45) is 1.89. The van der Waals surface area contributed by atoms with Crippen LogP contribution in [0.4, 0.5) is 5.95 Å². The molecule has 0 aliphatic rings. The Morgan fingerprint density at radius 2 is 2.36 bits per heavy atom. The molecule has 2 rings (SSSR count). The average Bonchev–Trinajstić information content (AvgIpc) is 2.30. The highest BCUT2D eigenvalue weighted by Crippen LogP contribution is 2.00. The summed E-state index contributed by atoms with van der Waals surface area (Å²) in [7, 11) is 1.87. The van der Waals surface area contributed by atoms with Crippen molar-refractivity contribution in [3.05, 3.63) is 24.4 Å². The fraction of sp³-hybridized carbons (Fsp3) is 0.143. The molecule has 2 aromatic heterocycles. The molecule has 2 N–H and O–H groups in total. The van der Waals surface area contributed by atoms with E-state index in [0.717, 1.165) is 5.65 Å². The number of nitrogen functional groups attached to an aromatic ring is 1. The Kier molecular flexibility index (Phi) is 1.09. The molecule has 0 atom stereocenters. The van der Waals surface area contributed by atoms with Crippen molar-refractivity contribution in [1.82, 2.24) is 9.50 Å². The van der Waals surface area contributed by atoms with Crippen molar-refractivity contribution in [2.24, 2.45) is 7.05 Å². The van der Waals surface area contributed by atoms with Gasteiger partial charge in [0, 0.05) is 6.07 Å². The quantitative estimate of drug-likeness (QED) is 0.525. The second kappa shape index (κ2) is 1.95. The molecule has 0 amide bonds. The van der Waals surface area contributed by atoms with E-state index in [1.54, 1.807) is 4.68 Å². The number of anilines is 1. The van der Waals surface area contributed by atoms with Crippen LogP contribution in [0.3, 0.4) is 0 Å². The van der Waals surface area contributed by atoms with E-state index in [1.807, 2.05) is 35.8 Å². The number of nitrogens with two attached hydrogens (primary N) is 1. The van der Waals surface area contributed by atoms with E-state index < -0.39 is 0 Å². The van der Waals surface area contributed by atoms with Crippen molar-refractivity contribution >= 4 is 11.6 Å². The molecule has 56 valence electrons. The molecular weight excluding hydrogens is 140 g/mol. The number of nitrogens with zero attached hydrogens (tertiary/aromatic N) is 3. The summed E-state index contributed by atoms with van der Waals surface area (Å²) < 4.78 is 3.58. The molecule has 11 heavy (non-hydrogen) atoms. The molecule has 0 aliphatic carbocycles. The first kappa shape index (κ1) is 6.15. The van der Waals surface area contributed by atoms with Gasteiger partial charge in [-0.25, -0.2) is 0 Å². The predicted octanol–water partition coefficient (Wildman–Crippen LogP) is -0.259. The zero-order chi connectivity index (χ0) is 7.84. The van der Waals surface area contributed by atoms with Gasteiger partial charge in [-0.15, -0.1) is 4.68 Å². The molecule has 0 aliphatic heterocycles. The zero-order valence-corrected chi connectivity index (χ0v) is 6.23. The first-order valence-corrected chi connectivity index (χ1v) is 3.38. The van der Waals surface area contributed by atoms with E-state index in [1.165, 1.54) is 0 Å². The lowest BCUT2D eigenvalue weighted by molar-refractivity contribution is -0.703. The van der Waals surface area contributed by atoms with Gasteiger partial charge in [-0.05, 0) is 11.2 Å². The third-order valence-corrected chi connectivity index (χ3v) is 1.67. The Morgan fingerprint density at radius 3 is 3.09 bits per heavy atom. The van der Waals surface area contributed by atoms with Crippen molar-refractivity contribution in [2.75, 3.05) is 5.73 Å². The van der Waals surface area contributed by atoms with Crippen LogP contribution in [-0.4, -0.2) is 9.50 Å². The van der Waals surface area contributed by atoms with Gasteiger partial charge in [-0.3, -0.25) is 0 Å². The molecule has 4 nitrogen and oxygen atoms in total. The van der Waals surface area contributed by atoms with Crippen molar-refractivity contribution in [3.63, 3.8) is 0 Å². The molecular formula is C7H9N4+. The molecule has 0 radical (unpaired) electrons. The number of hydrogen-bond acceptors (Lipinski definition) is 2. The van der Waals surface area contributed by atoms with E-state index in [2.05, 4.69) is 5.10 Å². The molecule has 0 saturated carbocycles. The highest BCUT2D eigenvalue weighted by Gasteiger charge is 2.10. The average molecular weight is 149 g/mol. The summed E-state index contributed by atoms with van der Waals surface area (Å²) >= 11 is 0. The lowest BCUT2D eigenvalue weighted by Gasteiger charge is -1.82. The second-order valence-electron chi connectivity index (χ2n) is 2.41. The molecule has 0 fully saturated rings. The van der Waals surface area contributed by atoms with E-state index in [-0.39, 0.29) is 0 Å². The summed E-state index contributed by atoms with van der Waals surface area (Å²) in [4.78, 5) is 0. The first-order chi connectivity index (χ1) is 5.29. The van der Waals surface area contributed by atoms with Gasteiger partial charge in [0.1, 0.15) is 7.05 Å². The van der Waals surface area contributed by atoms with Crippen molar-refractivity contribution in [1.29, 1.82) is 0 Å². The predicted molar refractivity (Wildman–Crippen MR) is 40.8 cm³/mol. The molecule has 2 aromatic rings. The van der Waals surface area contributed by atoms with E-state index >= 15 is 0 Å². The lowest BCUT2D eigenvalue weighted by atomic mass is 10.5. The van der Waals surface area contributed by atoms with Crippen LogP contribution in [0.5, 0.6) is 0 Å². The first-order valence-electron chi connectivity index (χ1n) is 3.38. The third-order valence-electron chi connectivity index (χ3n) is 1.67. The highest BCUT2D eigenvalue weighted by molar-refractivity contribution is 5.37. The van der Waals surface area contributed by atoms with Crippen LogP contribution in [0.25, 0.3) is 5.65 Å². The normalized spacial score (nSPS) is 10.6. The van der Waals surface area contributed by atoms with Crippen molar-refractivity contribution in [2.45, 2.75) is 0 Å². The van der Waals surface area contributed by atoms with Gasteiger partial charge in [-0.1, -0.05) is 6.07 Å². The van der Waals surface area contributed by atoms with E-state index in [4.69, 9.17) is 5.73 Å². The fourth-order valence-corrected chi connectivity index (χ4v) is 1.14. The van der Waals surface area contributed by atoms with E-state index in [0.29, 0.717) is 5.95 Å². The van der Waals surface area contributed by atoms with Gasteiger partial charge in [0.2, 0.25) is 0 Å². The van der Waals surface area contributed by atoms with Crippen LogP contribution in [0.1, 0.15) is 0 Å². The molecule has 0 aromatic carbocycles. The van der Waals surface area contributed by atoms with E-state index in [9.17, 15) is 0 Å². The Balaban J connectivity index is 2.95. The Labute approximate surface area is 63.9 Å². The Morgan fingerprint density at radius 1 is 1.55 bits per heavy atom. The molecule has 0 saturated heterocycles. The van der Waals surface area contributed by atoms with Crippen LogP contribution >= 0.6 is 0 Å². The minimum atomic E-state index is 0.517. The van der Waals surface area contributed by atoms with Gasteiger partial charge in [0.05, 0.1) is 6.20 Å². The van der Waals surface area contributed by atoms with Crippen molar-refractivity contribution in [3.8, 4) is 0 Å². The fourth-order valence-electron chi connectivity index (χ4n) is 1.14. The van der Waals surface area contributed by atoms with Crippen LogP contribution in [0.2, 0.25) is 0 Å². The number of hydrogen-bond donors (Lipinski definition) is 1. The minimum Gasteiger partial charge on any atom is -0.347 e. The van der Waals surface area contributed by atoms with Crippen LogP contribution < -0.4 is 10.4 Å². The molecule has 4 heteroatoms. The second-order valence-corrected chi connectivity index (χ2v) is 2.41. The monoisotopic (exact) mass is 149 g/mol. The zero-order valence-electron chi connectivity index (χ0n) is 6.23. The van der Waals surface area contributed by atoms with Crippen molar-refractivity contribution < 1.29 is 4.68 Å². The summed E-state index contributed by atoms with van der Waals surface area (Å²) in [6, 6.07) is 5.84. The lowest BCUT2D eigenvalue weighted by Crippen LogP contribution is -2.30. The maximum atomic E-state index is 5.61. The number of rotatable bonds is 0. The van der Waals surface area contributed by atoms with Gasteiger partial charge < -0.3 is 5.73 Å². The standard InChI is InChI=1S/C7H9N4/c1-10-6-4-2-3-5-11(6)7(8)9-10/h2-5H,1H3,(H2,8,9)/q+1. The SMILES string of the molecule is C[n+]1nc(N)n2ccccc21. The summed E-state index contributed by atoms with van der Waals surface area (Å²) in [5.41, 5.74) is 6.60. The van der Waals surface area contributed by atoms with Gasteiger partial charge >= 0.3 is 11.6 Å². The Hall–Kier alpha value is -1.58. The number of pyridine rings is 1. The molecule has 0 spiro atoms. The summed E-state index contributed by atoms with van der Waals surface area (Å²) in [5, 5.41) is 4.05. The van der Waals surface area contributed by atoms with Crippen LogP contribution in [0, 0.1) is 0 Å². The largest absolute Gasteiger partial charge is 0.347 e. The molecule has 0 unspecified atom stereocenters. The Bertz CT molecular complexity index is 354. The maximum Gasteiger partial charge on any atom is 0.334 e. The summed E-state index contributed by atoms with van der Waals surface area (Å²) in [5.74, 6) is 0.517. The third kappa shape index (κ3) is 0.756. The topological polar surface area (TPSA) is 47.2 Å². The minimum absolute atomic E-state index is 0.517. The molecule has 0 bridgehead atoms. The van der Waals surface area contributed by atoms with Gasteiger partial charge in [-0.2, -0.15) is 4.40 Å². The highest BCUT2D eigenvalue weighted by atomic mass is 15.4. The maximum absolute atomic E-state index is 5.61.